The average molecular weight is 514 g/mol. The van der Waals surface area contributed by atoms with E-state index in [4.69, 9.17) is 9.84 Å². The molecule has 0 saturated heterocycles. The summed E-state index contributed by atoms with van der Waals surface area (Å²) in [6.07, 6.45) is -5.72. The number of rotatable bonds is 7. The minimum Gasteiger partial charge on any atom is -0.475 e. The second-order valence-electron chi connectivity index (χ2n) is 8.01. The summed E-state index contributed by atoms with van der Waals surface area (Å²) in [4.78, 5) is 34.8. The second-order valence-corrected chi connectivity index (χ2v) is 8.01. The number of nitrogens with zero attached hydrogens (tertiary/aromatic N) is 3. The fourth-order valence-corrected chi connectivity index (χ4v) is 3.61. The zero-order chi connectivity index (χ0) is 26.7. The van der Waals surface area contributed by atoms with Crippen LogP contribution in [0.1, 0.15) is 21.9 Å². The van der Waals surface area contributed by atoms with E-state index in [1.165, 1.54) is 43.3 Å². The van der Waals surface area contributed by atoms with Crippen molar-refractivity contribution in [3.63, 3.8) is 0 Å². The molecule has 4 rings (SSSR count). The maximum atomic E-state index is 13.5. The number of halogens is 3. The molecule has 2 aromatic carbocycles. The van der Waals surface area contributed by atoms with Crippen LogP contribution in [0.3, 0.4) is 0 Å². The topological polar surface area (TPSA) is 127 Å². The summed E-state index contributed by atoms with van der Waals surface area (Å²) < 4.78 is 46.1. The van der Waals surface area contributed by atoms with Crippen LogP contribution in [-0.4, -0.2) is 50.0 Å². The molecule has 0 aliphatic carbocycles. The van der Waals surface area contributed by atoms with Crippen molar-refractivity contribution in [3.8, 4) is 11.6 Å². The van der Waals surface area contributed by atoms with Gasteiger partial charge in [-0.3, -0.25) is 14.2 Å². The molecule has 0 saturated carbocycles. The van der Waals surface area contributed by atoms with Gasteiger partial charge in [-0.05, 0) is 43.3 Å². The summed E-state index contributed by atoms with van der Waals surface area (Å²) in [5, 5.41) is 20.9. The first-order valence-corrected chi connectivity index (χ1v) is 11.0. The number of fused-ring (bicyclic) bond motifs is 1. The molecule has 3 N–H and O–H groups in total. The van der Waals surface area contributed by atoms with Crippen LogP contribution in [0, 0.1) is 6.92 Å². The SMILES string of the molecule is Cc1nc2cccc(NC(=O)c3cccc(OCC(O)CO)n3)c2c(=O)n1-c1cccc(C(F)(F)F)c1. The number of aliphatic hydroxyl groups excluding tert-OH is 2. The predicted molar refractivity (Wildman–Crippen MR) is 128 cm³/mol. The van der Waals surface area contributed by atoms with E-state index >= 15 is 0 Å². The molecular formula is C25H21F3N4O5. The van der Waals surface area contributed by atoms with Crippen molar-refractivity contribution in [2.75, 3.05) is 18.5 Å². The average Bonchev–Trinajstić information content (AvgIpc) is 2.87. The lowest BCUT2D eigenvalue weighted by Crippen LogP contribution is -2.24. The summed E-state index contributed by atoms with van der Waals surface area (Å²) in [6.45, 7) is 0.750. The number of aromatic nitrogens is 3. The second kappa shape index (κ2) is 10.4. The summed E-state index contributed by atoms with van der Waals surface area (Å²) in [7, 11) is 0. The number of nitrogens with one attached hydrogen (secondary N) is 1. The summed E-state index contributed by atoms with van der Waals surface area (Å²) in [5.41, 5.74) is -1.34. The van der Waals surface area contributed by atoms with E-state index in [2.05, 4.69) is 15.3 Å². The van der Waals surface area contributed by atoms with Gasteiger partial charge in [0.25, 0.3) is 11.5 Å². The molecule has 4 aromatic rings. The Morgan fingerprint density at radius 1 is 1.11 bits per heavy atom. The molecule has 0 aliphatic rings. The monoisotopic (exact) mass is 514 g/mol. The van der Waals surface area contributed by atoms with Crippen LogP contribution >= 0.6 is 0 Å². The molecule has 0 radical (unpaired) electrons. The fourth-order valence-electron chi connectivity index (χ4n) is 3.61. The number of benzene rings is 2. The number of pyridine rings is 1. The maximum Gasteiger partial charge on any atom is 0.416 e. The van der Waals surface area contributed by atoms with Crippen molar-refractivity contribution < 1.29 is 32.9 Å². The van der Waals surface area contributed by atoms with Gasteiger partial charge in [0.15, 0.2) is 0 Å². The summed E-state index contributed by atoms with van der Waals surface area (Å²) >= 11 is 0. The third-order valence-electron chi connectivity index (χ3n) is 5.34. The van der Waals surface area contributed by atoms with Gasteiger partial charge < -0.3 is 20.3 Å². The van der Waals surface area contributed by atoms with Crippen LogP contribution in [0.15, 0.2) is 65.5 Å². The van der Waals surface area contributed by atoms with Crippen molar-refractivity contribution in [2.45, 2.75) is 19.2 Å². The highest BCUT2D eigenvalue weighted by Gasteiger charge is 2.31. The van der Waals surface area contributed by atoms with Crippen LogP contribution in [0.4, 0.5) is 18.9 Å². The number of hydrogen-bond donors (Lipinski definition) is 3. The number of hydrogen-bond acceptors (Lipinski definition) is 7. The van der Waals surface area contributed by atoms with Gasteiger partial charge in [-0.1, -0.05) is 18.2 Å². The van der Waals surface area contributed by atoms with Crippen molar-refractivity contribution >= 4 is 22.5 Å². The first kappa shape index (κ1) is 25.8. The third kappa shape index (κ3) is 5.60. The molecule has 0 bridgehead atoms. The first-order valence-electron chi connectivity index (χ1n) is 11.0. The lowest BCUT2D eigenvalue weighted by atomic mass is 10.1. The molecule has 9 nitrogen and oxygen atoms in total. The van der Waals surface area contributed by atoms with Crippen LogP contribution in [0.25, 0.3) is 16.6 Å². The van der Waals surface area contributed by atoms with Gasteiger partial charge in [0.2, 0.25) is 5.88 Å². The number of alkyl halides is 3. The molecule has 37 heavy (non-hydrogen) atoms. The molecule has 2 aromatic heterocycles. The van der Waals surface area contributed by atoms with Gasteiger partial charge in [0, 0.05) is 6.07 Å². The van der Waals surface area contributed by atoms with E-state index in [0.29, 0.717) is 0 Å². The van der Waals surface area contributed by atoms with E-state index in [9.17, 15) is 27.9 Å². The zero-order valence-electron chi connectivity index (χ0n) is 19.4. The highest BCUT2D eigenvalue weighted by molar-refractivity contribution is 6.07. The van der Waals surface area contributed by atoms with Gasteiger partial charge in [-0.15, -0.1) is 0 Å². The molecule has 1 atom stereocenters. The molecule has 12 heteroatoms. The Bertz CT molecular complexity index is 1520. The minimum absolute atomic E-state index is 0.00247. The predicted octanol–water partition coefficient (Wildman–Crippen LogP) is 3.09. The molecule has 2 heterocycles. The Balaban J connectivity index is 1.72. The molecule has 0 spiro atoms. The standard InChI is InChI=1S/C25H21F3N4O5/c1-14-29-18-7-3-8-19(31-23(35)20-9-4-10-21(30-20)37-13-17(34)12-33)22(18)24(36)32(14)16-6-2-5-15(11-16)25(26,27)28/h2-11,17,33-34H,12-13H2,1H3,(H,31,35). The zero-order valence-corrected chi connectivity index (χ0v) is 19.4. The van der Waals surface area contributed by atoms with Gasteiger partial charge in [-0.25, -0.2) is 9.97 Å². The smallest absolute Gasteiger partial charge is 0.416 e. The molecule has 192 valence electrons. The Kier molecular flexibility index (Phi) is 7.23. The lowest BCUT2D eigenvalue weighted by molar-refractivity contribution is -0.137. The highest BCUT2D eigenvalue weighted by Crippen LogP contribution is 2.30. The molecule has 0 aliphatic heterocycles. The minimum atomic E-state index is -4.60. The Morgan fingerprint density at radius 2 is 1.84 bits per heavy atom. The maximum absolute atomic E-state index is 13.5. The van der Waals surface area contributed by atoms with E-state index in [-0.39, 0.29) is 46.3 Å². The highest BCUT2D eigenvalue weighted by atomic mass is 19.4. The van der Waals surface area contributed by atoms with Gasteiger partial charge in [0.05, 0.1) is 34.4 Å². The number of carbonyl (C=O) groups is 1. The summed E-state index contributed by atoms with van der Waals surface area (Å²) in [6, 6.07) is 13.3. The molecule has 1 unspecified atom stereocenters. The first-order chi connectivity index (χ1) is 17.6. The van der Waals surface area contributed by atoms with Crippen molar-refractivity contribution in [1.29, 1.82) is 0 Å². The van der Waals surface area contributed by atoms with Crippen LogP contribution in [0.2, 0.25) is 0 Å². The van der Waals surface area contributed by atoms with Gasteiger partial charge in [0.1, 0.15) is 24.2 Å². The normalized spacial score (nSPS) is 12.4. The number of aliphatic hydroxyl groups is 2. The Morgan fingerprint density at radius 3 is 2.57 bits per heavy atom. The van der Waals surface area contributed by atoms with E-state index in [1.54, 1.807) is 12.1 Å². The van der Waals surface area contributed by atoms with Crippen LogP contribution in [0.5, 0.6) is 5.88 Å². The molecule has 0 fully saturated rings. The van der Waals surface area contributed by atoms with Crippen LogP contribution in [-0.2, 0) is 6.18 Å². The number of carbonyl (C=O) groups excluding carboxylic acids is 1. The van der Waals surface area contributed by atoms with Crippen molar-refractivity contribution in [1.82, 2.24) is 14.5 Å². The summed E-state index contributed by atoms with van der Waals surface area (Å²) in [5.74, 6) is -0.495. The Hall–Kier alpha value is -4.29. The molecule has 1 amide bonds. The van der Waals surface area contributed by atoms with E-state index in [0.717, 1.165) is 16.7 Å². The fraction of sp³-hybridized carbons (Fsp3) is 0.200. The van der Waals surface area contributed by atoms with E-state index < -0.39 is 35.9 Å². The van der Waals surface area contributed by atoms with Crippen LogP contribution < -0.4 is 15.6 Å². The number of amides is 1. The molecular weight excluding hydrogens is 493 g/mol. The number of anilines is 1. The number of aryl methyl sites for hydroxylation is 1. The largest absolute Gasteiger partial charge is 0.475 e. The van der Waals surface area contributed by atoms with Gasteiger partial charge >= 0.3 is 6.18 Å². The lowest BCUT2D eigenvalue weighted by Gasteiger charge is -2.15. The Labute approximate surface area is 207 Å². The van der Waals surface area contributed by atoms with Gasteiger partial charge in [-0.2, -0.15) is 13.2 Å². The van der Waals surface area contributed by atoms with Crippen molar-refractivity contribution in [2.24, 2.45) is 0 Å². The van der Waals surface area contributed by atoms with Crippen molar-refractivity contribution in [3.05, 3.63) is 88.1 Å². The van der Waals surface area contributed by atoms with E-state index in [1.807, 2.05) is 0 Å². The number of ether oxygens (including phenoxy) is 1. The third-order valence-corrected chi connectivity index (χ3v) is 5.34. The quantitative estimate of drug-likeness (QED) is 0.346.